The molecular weight excluding hydrogens is 363 g/mol. The van der Waals surface area contributed by atoms with Gasteiger partial charge in [0.25, 0.3) is 0 Å². The number of benzene rings is 1. The Morgan fingerprint density at radius 2 is 2.11 bits per heavy atom. The molecule has 0 bridgehead atoms. The van der Waals surface area contributed by atoms with Gasteiger partial charge in [-0.15, -0.1) is 0 Å². The first-order valence-electron chi connectivity index (χ1n) is 9.25. The highest BCUT2D eigenvalue weighted by atomic mass is 32.1. The molecule has 27 heavy (non-hydrogen) atoms. The molecule has 1 aliphatic heterocycles. The van der Waals surface area contributed by atoms with Gasteiger partial charge in [-0.05, 0) is 46.0 Å². The Kier molecular flexibility index (Phi) is 7.06. The van der Waals surface area contributed by atoms with Gasteiger partial charge in [-0.3, -0.25) is 4.99 Å². The van der Waals surface area contributed by atoms with E-state index >= 15 is 0 Å². The van der Waals surface area contributed by atoms with Gasteiger partial charge >= 0.3 is 0 Å². The normalized spacial score (nSPS) is 16.3. The lowest BCUT2D eigenvalue weighted by atomic mass is 10.1. The van der Waals surface area contributed by atoms with Gasteiger partial charge < -0.3 is 20.3 Å². The average Bonchev–Trinajstić information content (AvgIpc) is 3.23. The summed E-state index contributed by atoms with van der Waals surface area (Å²) < 4.78 is 19.8. The smallest absolute Gasteiger partial charge is 0.191 e. The molecule has 3 rings (SSSR count). The highest BCUT2D eigenvalue weighted by Crippen LogP contribution is 2.21. The Balaban J connectivity index is 1.51. The molecule has 5 nitrogen and oxygen atoms in total. The minimum Gasteiger partial charge on any atom is -0.378 e. The summed E-state index contributed by atoms with van der Waals surface area (Å²) in [7, 11) is 1.74. The highest BCUT2D eigenvalue weighted by Gasteiger charge is 2.15. The molecule has 146 valence electrons. The number of halogens is 1. The molecule has 7 heteroatoms. The van der Waals surface area contributed by atoms with Crippen molar-refractivity contribution in [2.45, 2.75) is 19.4 Å². The second-order valence-corrected chi connectivity index (χ2v) is 7.43. The number of anilines is 1. The maximum Gasteiger partial charge on any atom is 0.191 e. The number of nitrogens with one attached hydrogen (secondary N) is 2. The molecule has 2 N–H and O–H groups in total. The van der Waals surface area contributed by atoms with Crippen LogP contribution in [0.25, 0.3) is 0 Å². The molecule has 1 aromatic heterocycles. The van der Waals surface area contributed by atoms with E-state index in [1.54, 1.807) is 24.5 Å². The number of rotatable bonds is 6. The number of nitrogens with zero attached hydrogens (tertiary/aromatic N) is 2. The van der Waals surface area contributed by atoms with Gasteiger partial charge in [0.15, 0.2) is 5.96 Å². The number of morpholine rings is 1. The topological polar surface area (TPSA) is 48.9 Å². The van der Waals surface area contributed by atoms with Crippen LogP contribution in [0.4, 0.5) is 10.1 Å². The molecule has 2 heterocycles. The maximum absolute atomic E-state index is 14.5. The number of thiophene rings is 1. The van der Waals surface area contributed by atoms with Crippen molar-refractivity contribution in [3.63, 3.8) is 0 Å². The van der Waals surface area contributed by atoms with Crippen molar-refractivity contribution in [3.05, 3.63) is 52.0 Å². The Bertz CT molecular complexity index is 744. The van der Waals surface area contributed by atoms with Crippen LogP contribution < -0.4 is 15.5 Å². The molecule has 0 aliphatic carbocycles. The van der Waals surface area contributed by atoms with Crippen LogP contribution in [-0.2, 0) is 11.3 Å². The Morgan fingerprint density at radius 1 is 1.30 bits per heavy atom. The van der Waals surface area contributed by atoms with E-state index < -0.39 is 0 Å². The summed E-state index contributed by atoms with van der Waals surface area (Å²) in [5.41, 5.74) is 2.86. The van der Waals surface area contributed by atoms with Gasteiger partial charge in [0, 0.05) is 33.2 Å². The van der Waals surface area contributed by atoms with Crippen molar-refractivity contribution >= 4 is 23.0 Å². The van der Waals surface area contributed by atoms with Gasteiger partial charge in [0.1, 0.15) is 5.82 Å². The molecule has 2 aromatic rings. The second kappa shape index (κ2) is 9.71. The van der Waals surface area contributed by atoms with Crippen LogP contribution in [0.5, 0.6) is 0 Å². The third-order valence-corrected chi connectivity index (χ3v) is 5.44. The molecule has 1 saturated heterocycles. The molecule has 1 unspecified atom stereocenters. The molecule has 0 spiro atoms. The summed E-state index contributed by atoms with van der Waals surface area (Å²) in [5, 5.41) is 10.8. The van der Waals surface area contributed by atoms with Crippen molar-refractivity contribution in [2.75, 3.05) is 44.8 Å². The average molecular weight is 391 g/mol. The van der Waals surface area contributed by atoms with Crippen LogP contribution >= 0.6 is 11.3 Å². The standard InChI is InChI=1S/C20H27FN4OS/c1-15(17-5-10-27-14-17)12-23-20(22-2)24-13-16-3-4-19(18(21)11-16)25-6-8-26-9-7-25/h3-5,10-11,14-15H,6-9,12-13H2,1-2H3,(H2,22,23,24). The van der Waals surface area contributed by atoms with Crippen molar-refractivity contribution in [1.82, 2.24) is 10.6 Å². The first kappa shape index (κ1) is 19.6. The summed E-state index contributed by atoms with van der Waals surface area (Å²) in [6.45, 7) is 6.25. The first-order chi connectivity index (χ1) is 13.2. The molecule has 1 atom stereocenters. The third-order valence-electron chi connectivity index (χ3n) is 4.74. The Labute approximate surface area is 164 Å². The van der Waals surface area contributed by atoms with E-state index in [0.717, 1.165) is 31.2 Å². The van der Waals surface area contributed by atoms with Gasteiger partial charge in [0.05, 0.1) is 18.9 Å². The van der Waals surface area contributed by atoms with E-state index in [2.05, 4.69) is 39.4 Å². The summed E-state index contributed by atoms with van der Waals surface area (Å²) in [4.78, 5) is 6.28. The minimum absolute atomic E-state index is 0.190. The van der Waals surface area contributed by atoms with E-state index in [-0.39, 0.29) is 5.82 Å². The van der Waals surface area contributed by atoms with E-state index in [0.29, 0.717) is 31.4 Å². The van der Waals surface area contributed by atoms with E-state index in [1.165, 1.54) is 5.56 Å². The Morgan fingerprint density at radius 3 is 2.78 bits per heavy atom. The fourth-order valence-corrected chi connectivity index (χ4v) is 3.83. The highest BCUT2D eigenvalue weighted by molar-refractivity contribution is 7.07. The predicted molar refractivity (Wildman–Crippen MR) is 110 cm³/mol. The predicted octanol–water partition coefficient (Wildman–Crippen LogP) is 3.19. The minimum atomic E-state index is -0.190. The molecule has 0 saturated carbocycles. The largest absolute Gasteiger partial charge is 0.378 e. The zero-order valence-corrected chi connectivity index (χ0v) is 16.7. The SMILES string of the molecule is CN=C(NCc1ccc(N2CCOCC2)c(F)c1)NCC(C)c1ccsc1. The lowest BCUT2D eigenvalue weighted by Crippen LogP contribution is -2.38. The summed E-state index contributed by atoms with van der Waals surface area (Å²) in [6, 6.07) is 7.56. The van der Waals surface area contributed by atoms with Crippen LogP contribution in [0.1, 0.15) is 24.0 Å². The molecule has 0 radical (unpaired) electrons. The van der Waals surface area contributed by atoms with Crippen molar-refractivity contribution in [3.8, 4) is 0 Å². The lowest BCUT2D eigenvalue weighted by molar-refractivity contribution is 0.122. The van der Waals surface area contributed by atoms with Gasteiger partial charge in [-0.1, -0.05) is 13.0 Å². The van der Waals surface area contributed by atoms with Crippen LogP contribution in [0, 0.1) is 5.82 Å². The van der Waals surface area contributed by atoms with E-state index in [9.17, 15) is 4.39 Å². The maximum atomic E-state index is 14.5. The second-order valence-electron chi connectivity index (χ2n) is 6.65. The molecule has 1 aromatic carbocycles. The summed E-state index contributed by atoms with van der Waals surface area (Å²) in [6.07, 6.45) is 0. The third kappa shape index (κ3) is 5.43. The number of guanidine groups is 1. The number of hydrogen-bond donors (Lipinski definition) is 2. The van der Waals surface area contributed by atoms with Crippen LogP contribution in [0.2, 0.25) is 0 Å². The van der Waals surface area contributed by atoms with Crippen molar-refractivity contribution < 1.29 is 9.13 Å². The number of aliphatic imine (C=N–C) groups is 1. The van der Waals surface area contributed by atoms with Gasteiger partial charge in [-0.2, -0.15) is 11.3 Å². The molecule has 1 fully saturated rings. The fourth-order valence-electron chi connectivity index (χ4n) is 3.05. The molecular formula is C20H27FN4OS. The van der Waals surface area contributed by atoms with Gasteiger partial charge in [0.2, 0.25) is 0 Å². The Hall–Kier alpha value is -2.12. The first-order valence-corrected chi connectivity index (χ1v) is 10.2. The van der Waals surface area contributed by atoms with Crippen molar-refractivity contribution in [1.29, 1.82) is 0 Å². The zero-order chi connectivity index (χ0) is 19.1. The van der Waals surface area contributed by atoms with Gasteiger partial charge in [-0.25, -0.2) is 4.39 Å². The van der Waals surface area contributed by atoms with E-state index in [4.69, 9.17) is 4.74 Å². The molecule has 0 amide bonds. The fraction of sp³-hybridized carbons (Fsp3) is 0.450. The van der Waals surface area contributed by atoms with Crippen LogP contribution in [-0.4, -0.2) is 45.9 Å². The van der Waals surface area contributed by atoms with Crippen LogP contribution in [0.15, 0.2) is 40.0 Å². The monoisotopic (exact) mass is 390 g/mol. The zero-order valence-electron chi connectivity index (χ0n) is 15.9. The summed E-state index contributed by atoms with van der Waals surface area (Å²) >= 11 is 1.71. The van der Waals surface area contributed by atoms with Crippen molar-refractivity contribution in [2.24, 2.45) is 4.99 Å². The quantitative estimate of drug-likeness (QED) is 0.588. The number of ether oxygens (including phenoxy) is 1. The molecule has 1 aliphatic rings. The summed E-state index contributed by atoms with van der Waals surface area (Å²) in [5.74, 6) is 0.931. The lowest BCUT2D eigenvalue weighted by Gasteiger charge is -2.29. The number of hydrogen-bond acceptors (Lipinski definition) is 4. The van der Waals surface area contributed by atoms with E-state index in [1.807, 2.05) is 17.0 Å². The van der Waals surface area contributed by atoms with Crippen LogP contribution in [0.3, 0.4) is 0 Å².